The minimum absolute atomic E-state index is 0.414. The normalized spacial score (nSPS) is 8.33. The molecule has 1 aromatic heterocycles. The summed E-state index contributed by atoms with van der Waals surface area (Å²) in [6, 6.07) is 3.36. The lowest BCUT2D eigenvalue weighted by Gasteiger charge is -1.68. The number of H-pyrrole nitrogens is 1. The smallest absolute Gasteiger partial charge is 0.151 e. The number of aromatic amines is 1. The second-order valence-corrected chi connectivity index (χ2v) is 1.58. The molecule has 0 radical (unpaired) electrons. The van der Waals surface area contributed by atoms with Crippen molar-refractivity contribution in [2.45, 2.75) is 0 Å². The molecule has 0 bridgehead atoms. The third-order valence-corrected chi connectivity index (χ3v) is 0.962. The standard InChI is InChI=1S/C6H4N2O/c7-2-6-1-5(4-9)3-8-6/h1,3-4,8H. The van der Waals surface area contributed by atoms with Gasteiger partial charge in [-0.3, -0.25) is 4.79 Å². The van der Waals surface area contributed by atoms with Crippen LogP contribution in [0.3, 0.4) is 0 Å². The molecule has 3 heteroatoms. The van der Waals surface area contributed by atoms with E-state index in [0.717, 1.165) is 0 Å². The van der Waals surface area contributed by atoms with Gasteiger partial charge in [0.1, 0.15) is 11.8 Å². The van der Waals surface area contributed by atoms with Crippen molar-refractivity contribution in [3.05, 3.63) is 23.5 Å². The molecule has 0 aromatic carbocycles. The van der Waals surface area contributed by atoms with Gasteiger partial charge in [-0.05, 0) is 6.07 Å². The molecule has 3 nitrogen and oxygen atoms in total. The van der Waals surface area contributed by atoms with E-state index in [0.29, 0.717) is 17.5 Å². The average molecular weight is 120 g/mol. The molecule has 0 aliphatic carbocycles. The molecular weight excluding hydrogens is 116 g/mol. The zero-order chi connectivity index (χ0) is 6.69. The minimum Gasteiger partial charge on any atom is -0.352 e. The molecule has 1 N–H and O–H groups in total. The van der Waals surface area contributed by atoms with Crippen LogP contribution in [-0.2, 0) is 0 Å². The largest absolute Gasteiger partial charge is 0.352 e. The number of rotatable bonds is 1. The molecule has 1 aromatic rings. The van der Waals surface area contributed by atoms with Crippen molar-refractivity contribution in [3.63, 3.8) is 0 Å². The van der Waals surface area contributed by atoms with E-state index in [1.54, 1.807) is 0 Å². The van der Waals surface area contributed by atoms with Crippen LogP contribution in [0.1, 0.15) is 16.1 Å². The maximum Gasteiger partial charge on any atom is 0.151 e. The Morgan fingerprint density at radius 2 is 2.56 bits per heavy atom. The first-order valence-corrected chi connectivity index (χ1v) is 2.40. The van der Waals surface area contributed by atoms with Crippen LogP contribution in [-0.4, -0.2) is 11.3 Å². The number of carbonyl (C=O) groups is 1. The number of carbonyl (C=O) groups excluding carboxylic acids is 1. The van der Waals surface area contributed by atoms with Gasteiger partial charge < -0.3 is 4.98 Å². The summed E-state index contributed by atoms with van der Waals surface area (Å²) in [5.41, 5.74) is 0.920. The predicted octanol–water partition coefficient (Wildman–Crippen LogP) is 0.699. The van der Waals surface area contributed by atoms with Gasteiger partial charge in [0.05, 0.1) is 0 Å². The van der Waals surface area contributed by atoms with Crippen LogP contribution < -0.4 is 0 Å². The molecule has 0 fully saturated rings. The lowest BCUT2D eigenvalue weighted by molar-refractivity contribution is 0.112. The summed E-state index contributed by atoms with van der Waals surface area (Å²) in [7, 11) is 0. The van der Waals surface area contributed by atoms with Crippen molar-refractivity contribution in [3.8, 4) is 6.07 Å². The van der Waals surface area contributed by atoms with E-state index in [1.165, 1.54) is 12.3 Å². The monoisotopic (exact) mass is 120 g/mol. The fourth-order valence-corrected chi connectivity index (χ4v) is 0.544. The first-order chi connectivity index (χ1) is 4.36. The van der Waals surface area contributed by atoms with E-state index in [1.807, 2.05) is 6.07 Å². The summed E-state index contributed by atoms with van der Waals surface area (Å²) >= 11 is 0. The summed E-state index contributed by atoms with van der Waals surface area (Å²) in [4.78, 5) is 12.6. The molecule has 0 saturated carbocycles. The van der Waals surface area contributed by atoms with E-state index in [9.17, 15) is 4.79 Å². The summed E-state index contributed by atoms with van der Waals surface area (Å²) in [5.74, 6) is 0. The Balaban J connectivity index is 3.03. The Hall–Kier alpha value is -1.56. The molecular formula is C6H4N2O. The van der Waals surface area contributed by atoms with Gasteiger partial charge in [0.2, 0.25) is 0 Å². The van der Waals surface area contributed by atoms with E-state index in [-0.39, 0.29) is 0 Å². The van der Waals surface area contributed by atoms with Gasteiger partial charge in [-0.15, -0.1) is 0 Å². The van der Waals surface area contributed by atoms with Crippen LogP contribution in [0.5, 0.6) is 0 Å². The maximum absolute atomic E-state index is 10.0. The first-order valence-electron chi connectivity index (χ1n) is 2.40. The molecule has 0 unspecified atom stereocenters. The van der Waals surface area contributed by atoms with Crippen molar-refractivity contribution in [2.75, 3.05) is 0 Å². The minimum atomic E-state index is 0.414. The molecule has 44 valence electrons. The van der Waals surface area contributed by atoms with E-state index >= 15 is 0 Å². The van der Waals surface area contributed by atoms with E-state index in [4.69, 9.17) is 5.26 Å². The highest BCUT2D eigenvalue weighted by molar-refractivity contribution is 5.74. The van der Waals surface area contributed by atoms with Crippen LogP contribution in [0.4, 0.5) is 0 Å². The van der Waals surface area contributed by atoms with Crippen LogP contribution in [0.25, 0.3) is 0 Å². The third kappa shape index (κ3) is 0.970. The second-order valence-electron chi connectivity index (χ2n) is 1.58. The lowest BCUT2D eigenvalue weighted by atomic mass is 10.3. The Bertz CT molecular complexity index is 256. The Labute approximate surface area is 51.9 Å². The van der Waals surface area contributed by atoms with Crippen molar-refractivity contribution in [1.29, 1.82) is 5.26 Å². The molecule has 9 heavy (non-hydrogen) atoms. The molecule has 0 spiro atoms. The fourth-order valence-electron chi connectivity index (χ4n) is 0.544. The lowest BCUT2D eigenvalue weighted by Crippen LogP contribution is -1.67. The Kier molecular flexibility index (Phi) is 1.32. The fraction of sp³-hybridized carbons (Fsp3) is 0. The van der Waals surface area contributed by atoms with Gasteiger partial charge >= 0.3 is 0 Å². The highest BCUT2D eigenvalue weighted by atomic mass is 16.1. The molecule has 0 aliphatic heterocycles. The zero-order valence-corrected chi connectivity index (χ0v) is 4.59. The highest BCUT2D eigenvalue weighted by Gasteiger charge is 1.92. The Morgan fingerprint density at radius 3 is 2.89 bits per heavy atom. The van der Waals surface area contributed by atoms with Crippen LogP contribution >= 0.6 is 0 Å². The van der Waals surface area contributed by atoms with E-state index in [2.05, 4.69) is 4.98 Å². The van der Waals surface area contributed by atoms with Crippen LogP contribution in [0.2, 0.25) is 0 Å². The number of aromatic nitrogens is 1. The number of nitrogens with zero attached hydrogens (tertiary/aromatic N) is 1. The summed E-state index contributed by atoms with van der Waals surface area (Å²) < 4.78 is 0. The zero-order valence-electron chi connectivity index (χ0n) is 4.59. The molecule has 0 aliphatic rings. The summed E-state index contributed by atoms with van der Waals surface area (Å²) in [6.07, 6.45) is 2.18. The molecule has 1 rings (SSSR count). The molecule has 0 atom stereocenters. The van der Waals surface area contributed by atoms with Gasteiger partial charge in [-0.2, -0.15) is 5.26 Å². The second kappa shape index (κ2) is 2.14. The van der Waals surface area contributed by atoms with Gasteiger partial charge in [0, 0.05) is 11.8 Å². The van der Waals surface area contributed by atoms with Gasteiger partial charge in [-0.25, -0.2) is 0 Å². The molecule has 0 saturated heterocycles. The van der Waals surface area contributed by atoms with Crippen molar-refractivity contribution in [1.82, 2.24) is 4.98 Å². The number of nitriles is 1. The Morgan fingerprint density at radius 1 is 1.78 bits per heavy atom. The van der Waals surface area contributed by atoms with Gasteiger partial charge in [0.15, 0.2) is 6.29 Å². The van der Waals surface area contributed by atoms with E-state index < -0.39 is 0 Å². The van der Waals surface area contributed by atoms with Crippen LogP contribution in [0.15, 0.2) is 12.3 Å². The van der Waals surface area contributed by atoms with Crippen molar-refractivity contribution in [2.24, 2.45) is 0 Å². The number of hydrogen-bond donors (Lipinski definition) is 1. The molecule has 0 amide bonds. The number of nitrogens with one attached hydrogen (secondary N) is 1. The maximum atomic E-state index is 10.0. The van der Waals surface area contributed by atoms with Crippen molar-refractivity contribution >= 4 is 6.29 Å². The topological polar surface area (TPSA) is 56.6 Å². The number of aldehydes is 1. The SMILES string of the molecule is N#Cc1cc(C=O)c[nH]1. The predicted molar refractivity (Wildman–Crippen MR) is 30.9 cm³/mol. The highest BCUT2D eigenvalue weighted by Crippen LogP contribution is 1.97. The summed E-state index contributed by atoms with van der Waals surface area (Å²) in [5, 5.41) is 8.25. The molecule has 1 heterocycles. The number of hydrogen-bond acceptors (Lipinski definition) is 2. The average Bonchev–Trinajstić information content (AvgIpc) is 2.34. The van der Waals surface area contributed by atoms with Gasteiger partial charge in [-0.1, -0.05) is 0 Å². The third-order valence-electron chi connectivity index (χ3n) is 0.962. The van der Waals surface area contributed by atoms with Crippen LogP contribution in [0, 0.1) is 11.3 Å². The summed E-state index contributed by atoms with van der Waals surface area (Å²) in [6.45, 7) is 0. The quantitative estimate of drug-likeness (QED) is 0.554. The first kappa shape index (κ1) is 5.57. The van der Waals surface area contributed by atoms with Gasteiger partial charge in [0.25, 0.3) is 0 Å². The van der Waals surface area contributed by atoms with Crippen molar-refractivity contribution < 1.29 is 4.79 Å².